The summed E-state index contributed by atoms with van der Waals surface area (Å²) in [4.78, 5) is 24.5. The van der Waals surface area contributed by atoms with Gasteiger partial charge in [0.1, 0.15) is 30.1 Å². The van der Waals surface area contributed by atoms with Crippen LogP contribution in [0.15, 0.2) is 54.1 Å². The normalized spacial score (nSPS) is 13.0. The van der Waals surface area contributed by atoms with Gasteiger partial charge in [-0.2, -0.15) is 0 Å². The molecular weight excluding hydrogens is 464 g/mol. The van der Waals surface area contributed by atoms with Crippen molar-refractivity contribution < 1.29 is 42.4 Å². The van der Waals surface area contributed by atoms with Crippen molar-refractivity contribution in [3.8, 4) is 5.75 Å². The van der Waals surface area contributed by atoms with E-state index in [2.05, 4.69) is 5.32 Å². The molecule has 0 saturated heterocycles. The molecule has 0 fully saturated rings. The molecule has 2 rings (SSSR count). The molecule has 0 aromatic heterocycles. The number of amides is 1. The van der Waals surface area contributed by atoms with E-state index in [4.69, 9.17) is 24.1 Å². The zero-order chi connectivity index (χ0) is 25.8. The third-order valence-corrected chi connectivity index (χ3v) is 4.86. The monoisotopic (exact) mass is 493 g/mol. The van der Waals surface area contributed by atoms with Crippen LogP contribution in [0.4, 0.5) is 19.3 Å². The fourth-order valence-corrected chi connectivity index (χ4v) is 3.09. The number of benzene rings is 2. The van der Waals surface area contributed by atoms with Crippen molar-refractivity contribution in [3.63, 3.8) is 0 Å². The topological polar surface area (TPSA) is 103 Å². The van der Waals surface area contributed by atoms with Gasteiger partial charge in [0.2, 0.25) is 0 Å². The molecule has 2 atom stereocenters. The second-order valence-electron chi connectivity index (χ2n) is 7.33. The number of anilines is 1. The van der Waals surface area contributed by atoms with Crippen molar-refractivity contribution in [3.05, 3.63) is 71.3 Å². The number of rotatable bonds is 12. The first-order valence-corrected chi connectivity index (χ1v) is 10.9. The first kappa shape index (κ1) is 27.7. The van der Waals surface area contributed by atoms with Crippen LogP contribution in [-0.2, 0) is 19.0 Å². The molecule has 0 radical (unpaired) electrons. The van der Waals surface area contributed by atoms with Crippen LogP contribution >= 0.6 is 0 Å². The predicted octanol–water partition coefficient (Wildman–Crippen LogP) is 4.54. The maximum atomic E-state index is 14.0. The second kappa shape index (κ2) is 14.0. The number of hydrogen-bond donors (Lipinski definition) is 2. The fraction of sp³-hybridized carbons (Fsp3) is 0.360. The van der Waals surface area contributed by atoms with Crippen LogP contribution in [0.3, 0.4) is 0 Å². The molecule has 2 N–H and O–H groups in total. The van der Waals surface area contributed by atoms with Crippen LogP contribution in [-0.4, -0.2) is 50.2 Å². The Kier molecular flexibility index (Phi) is 11.1. The van der Waals surface area contributed by atoms with Crippen LogP contribution in [0.2, 0.25) is 0 Å². The Bertz CT molecular complexity index is 1010. The first-order chi connectivity index (χ1) is 16.8. The van der Waals surface area contributed by atoms with E-state index in [9.17, 15) is 18.4 Å². The third-order valence-electron chi connectivity index (χ3n) is 4.86. The lowest BCUT2D eigenvalue weighted by atomic mass is 10.0. The van der Waals surface area contributed by atoms with Crippen LogP contribution in [0, 0.1) is 11.6 Å². The number of halogens is 2. The molecule has 1 amide bonds. The summed E-state index contributed by atoms with van der Waals surface area (Å²) in [6.07, 6.45) is -0.894. The van der Waals surface area contributed by atoms with Crippen molar-refractivity contribution in [2.75, 3.05) is 32.2 Å². The number of carbonyl (C=O) groups is 2. The summed E-state index contributed by atoms with van der Waals surface area (Å²) in [5.41, 5.74) is 0.637. The first-order valence-electron chi connectivity index (χ1n) is 10.9. The Morgan fingerprint density at radius 3 is 2.46 bits per heavy atom. The highest BCUT2D eigenvalue weighted by atomic mass is 19.1. The van der Waals surface area contributed by atoms with Gasteiger partial charge in [-0.25, -0.2) is 18.4 Å². The van der Waals surface area contributed by atoms with E-state index in [-0.39, 0.29) is 31.9 Å². The standard InChI is InChI=1S/C25H29F2NO7/c1-4-33-24(30)16(2)5-12-22(32-3)23(17-6-9-19(10-7-17)34-14-13-29)35-25(31)28-21-11-8-18(26)15-20(21)27/h5-11,15,22-23,29H,4,12-14H2,1-3H3,(H,28,31)/b16-5+/t22-,23-/m0/s1. The molecule has 0 unspecified atom stereocenters. The maximum absolute atomic E-state index is 14.0. The molecule has 10 heteroatoms. The number of methoxy groups -OCH3 is 1. The Morgan fingerprint density at radius 1 is 1.14 bits per heavy atom. The van der Waals surface area contributed by atoms with Crippen LogP contribution in [0.25, 0.3) is 0 Å². The molecule has 0 aliphatic rings. The number of aliphatic hydroxyl groups is 1. The zero-order valence-corrected chi connectivity index (χ0v) is 19.8. The minimum Gasteiger partial charge on any atom is -0.491 e. The lowest BCUT2D eigenvalue weighted by Crippen LogP contribution is -2.28. The van der Waals surface area contributed by atoms with Crippen LogP contribution in [0.1, 0.15) is 31.9 Å². The van der Waals surface area contributed by atoms with E-state index in [0.29, 0.717) is 23.0 Å². The van der Waals surface area contributed by atoms with Crippen LogP contribution in [0.5, 0.6) is 5.75 Å². The van der Waals surface area contributed by atoms with Crippen molar-refractivity contribution in [2.45, 2.75) is 32.5 Å². The largest absolute Gasteiger partial charge is 0.491 e. The zero-order valence-electron chi connectivity index (χ0n) is 19.8. The lowest BCUT2D eigenvalue weighted by molar-refractivity contribution is -0.138. The quantitative estimate of drug-likeness (QED) is 0.331. The van der Waals surface area contributed by atoms with Crippen molar-refractivity contribution in [2.24, 2.45) is 0 Å². The Labute approximate surface area is 202 Å². The fourth-order valence-electron chi connectivity index (χ4n) is 3.09. The van der Waals surface area contributed by atoms with E-state index in [0.717, 1.165) is 12.1 Å². The maximum Gasteiger partial charge on any atom is 0.412 e. The summed E-state index contributed by atoms with van der Waals surface area (Å²) in [5.74, 6) is -1.73. The smallest absolute Gasteiger partial charge is 0.412 e. The van der Waals surface area contributed by atoms with E-state index < -0.39 is 35.9 Å². The minimum atomic E-state index is -0.991. The average molecular weight is 494 g/mol. The number of aliphatic hydroxyl groups excluding tert-OH is 1. The summed E-state index contributed by atoms with van der Waals surface area (Å²) < 4.78 is 48.6. The van der Waals surface area contributed by atoms with Gasteiger partial charge in [-0.1, -0.05) is 18.2 Å². The molecule has 0 aliphatic heterocycles. The number of ether oxygens (including phenoxy) is 4. The van der Waals surface area contributed by atoms with Gasteiger partial charge in [0.05, 0.1) is 18.9 Å². The SMILES string of the molecule is CCOC(=O)/C(C)=C/C[C@H](OC)[C@@H](OC(=O)Nc1ccc(F)cc1F)c1ccc(OCCO)cc1. The Hall–Kier alpha value is -3.50. The summed E-state index contributed by atoms with van der Waals surface area (Å²) >= 11 is 0. The highest BCUT2D eigenvalue weighted by molar-refractivity contribution is 5.87. The number of nitrogens with one attached hydrogen (secondary N) is 1. The van der Waals surface area contributed by atoms with E-state index in [1.807, 2.05) is 0 Å². The molecule has 8 nitrogen and oxygen atoms in total. The van der Waals surface area contributed by atoms with Gasteiger partial charge in [-0.05, 0) is 50.1 Å². The molecule has 0 aliphatic carbocycles. The molecule has 0 bridgehead atoms. The molecule has 190 valence electrons. The molecule has 0 saturated carbocycles. The van der Waals surface area contributed by atoms with Crippen molar-refractivity contribution in [1.82, 2.24) is 0 Å². The highest BCUT2D eigenvalue weighted by Gasteiger charge is 2.27. The van der Waals surface area contributed by atoms with Gasteiger partial charge >= 0.3 is 12.1 Å². The second-order valence-corrected chi connectivity index (χ2v) is 7.33. The molecule has 0 heterocycles. The van der Waals surface area contributed by atoms with Crippen LogP contribution < -0.4 is 10.1 Å². The summed E-state index contributed by atoms with van der Waals surface area (Å²) in [5, 5.41) is 11.2. The van der Waals surface area contributed by atoms with Gasteiger partial charge in [-0.3, -0.25) is 5.32 Å². The highest BCUT2D eigenvalue weighted by Crippen LogP contribution is 2.29. The van der Waals surface area contributed by atoms with Gasteiger partial charge in [-0.15, -0.1) is 0 Å². The number of hydrogen-bond acceptors (Lipinski definition) is 7. The van der Waals surface area contributed by atoms with E-state index >= 15 is 0 Å². The third kappa shape index (κ3) is 8.66. The summed E-state index contributed by atoms with van der Waals surface area (Å²) in [7, 11) is 1.42. The Balaban J connectivity index is 2.27. The van der Waals surface area contributed by atoms with Crippen molar-refractivity contribution >= 4 is 17.7 Å². The summed E-state index contributed by atoms with van der Waals surface area (Å²) in [6.45, 7) is 3.49. The molecular formula is C25H29F2NO7. The number of carbonyl (C=O) groups excluding carboxylic acids is 2. The minimum absolute atomic E-state index is 0.115. The summed E-state index contributed by atoms with van der Waals surface area (Å²) in [6, 6.07) is 9.28. The molecule has 2 aromatic rings. The van der Waals surface area contributed by atoms with Crippen molar-refractivity contribution in [1.29, 1.82) is 0 Å². The van der Waals surface area contributed by atoms with E-state index in [1.54, 1.807) is 44.2 Å². The molecule has 35 heavy (non-hydrogen) atoms. The number of esters is 1. The van der Waals surface area contributed by atoms with Gasteiger partial charge in [0.15, 0.2) is 6.10 Å². The van der Waals surface area contributed by atoms with Gasteiger partial charge < -0.3 is 24.1 Å². The molecule has 2 aromatic carbocycles. The van der Waals surface area contributed by atoms with E-state index in [1.165, 1.54) is 7.11 Å². The van der Waals surface area contributed by atoms with Gasteiger partial charge in [0, 0.05) is 18.7 Å². The average Bonchev–Trinajstić information content (AvgIpc) is 2.84. The predicted molar refractivity (Wildman–Crippen MR) is 124 cm³/mol. The Morgan fingerprint density at radius 2 is 1.86 bits per heavy atom. The lowest BCUT2D eigenvalue weighted by Gasteiger charge is -2.26. The van der Waals surface area contributed by atoms with Gasteiger partial charge in [0.25, 0.3) is 0 Å². The molecule has 0 spiro atoms.